The van der Waals surface area contributed by atoms with Crippen molar-refractivity contribution in [2.24, 2.45) is 18.2 Å². The van der Waals surface area contributed by atoms with Gasteiger partial charge in [-0.15, -0.1) is 10.2 Å². The van der Waals surface area contributed by atoms with Crippen LogP contribution in [0.15, 0.2) is 6.33 Å². The molecule has 3 N–H and O–H groups in total. The van der Waals surface area contributed by atoms with Crippen molar-refractivity contribution in [3.8, 4) is 0 Å². The smallest absolute Gasteiger partial charge is 0.227 e. The number of nitrogens with zero attached hydrogens (tertiary/aromatic N) is 3. The van der Waals surface area contributed by atoms with E-state index in [0.29, 0.717) is 13.1 Å². The lowest BCUT2D eigenvalue weighted by atomic mass is 9.73. The zero-order valence-corrected chi connectivity index (χ0v) is 10.9. The van der Waals surface area contributed by atoms with Crippen LogP contribution in [0.5, 0.6) is 0 Å². The summed E-state index contributed by atoms with van der Waals surface area (Å²) in [6.07, 6.45) is 6.81. The molecule has 0 spiro atoms. The molecule has 1 amide bonds. The second kappa shape index (κ2) is 5.48. The van der Waals surface area contributed by atoms with Crippen LogP contribution in [0.4, 0.5) is 0 Å². The highest BCUT2D eigenvalue weighted by molar-refractivity contribution is 5.82. The zero-order chi connectivity index (χ0) is 13.0. The van der Waals surface area contributed by atoms with Crippen molar-refractivity contribution in [1.29, 1.82) is 0 Å². The first-order chi connectivity index (χ1) is 8.68. The molecule has 1 heterocycles. The maximum absolute atomic E-state index is 12.3. The van der Waals surface area contributed by atoms with Crippen molar-refractivity contribution < 1.29 is 4.79 Å². The van der Waals surface area contributed by atoms with Gasteiger partial charge in [0.1, 0.15) is 6.33 Å². The molecule has 0 saturated heterocycles. The lowest BCUT2D eigenvalue weighted by Gasteiger charge is -2.34. The minimum atomic E-state index is -0.364. The topological polar surface area (TPSA) is 85.8 Å². The Morgan fingerprint density at radius 2 is 2.22 bits per heavy atom. The number of carbonyl (C=O) groups is 1. The molecule has 2 rings (SSSR count). The molecule has 1 aromatic rings. The number of nitrogens with two attached hydrogens (primary N) is 1. The van der Waals surface area contributed by atoms with E-state index < -0.39 is 0 Å². The predicted octanol–water partition coefficient (Wildman–Crippen LogP) is 0.341. The number of rotatable bonds is 4. The van der Waals surface area contributed by atoms with E-state index in [-0.39, 0.29) is 11.3 Å². The molecule has 18 heavy (non-hydrogen) atoms. The van der Waals surface area contributed by atoms with Gasteiger partial charge >= 0.3 is 0 Å². The number of aryl methyl sites for hydroxylation is 1. The van der Waals surface area contributed by atoms with E-state index in [2.05, 4.69) is 15.5 Å². The SMILES string of the molecule is Cn1cnnc1CNC(=O)C1(CN)CCCCC1. The summed E-state index contributed by atoms with van der Waals surface area (Å²) in [4.78, 5) is 12.3. The Bertz CT molecular complexity index is 408. The maximum atomic E-state index is 12.3. The molecule has 6 heteroatoms. The molecular weight excluding hydrogens is 230 g/mol. The summed E-state index contributed by atoms with van der Waals surface area (Å²) >= 11 is 0. The molecule has 6 nitrogen and oxygen atoms in total. The number of carbonyl (C=O) groups excluding carboxylic acids is 1. The van der Waals surface area contributed by atoms with Crippen LogP contribution < -0.4 is 11.1 Å². The van der Waals surface area contributed by atoms with Crippen LogP contribution >= 0.6 is 0 Å². The third-order valence-electron chi connectivity index (χ3n) is 3.90. The van der Waals surface area contributed by atoms with Gasteiger partial charge in [-0.05, 0) is 12.8 Å². The van der Waals surface area contributed by atoms with Crippen molar-refractivity contribution in [1.82, 2.24) is 20.1 Å². The lowest BCUT2D eigenvalue weighted by molar-refractivity contribution is -0.132. The Morgan fingerprint density at radius 1 is 1.50 bits per heavy atom. The second-order valence-corrected chi connectivity index (χ2v) is 5.09. The normalized spacial score (nSPS) is 18.6. The van der Waals surface area contributed by atoms with Gasteiger partial charge in [0, 0.05) is 13.6 Å². The molecule has 0 radical (unpaired) electrons. The Balaban J connectivity index is 1.96. The van der Waals surface area contributed by atoms with Gasteiger partial charge in [-0.1, -0.05) is 19.3 Å². The van der Waals surface area contributed by atoms with Gasteiger partial charge in [-0.2, -0.15) is 0 Å². The summed E-state index contributed by atoms with van der Waals surface area (Å²) in [6, 6.07) is 0. The average molecular weight is 251 g/mol. The van der Waals surface area contributed by atoms with E-state index in [4.69, 9.17) is 5.73 Å². The summed E-state index contributed by atoms with van der Waals surface area (Å²) in [5, 5.41) is 10.7. The summed E-state index contributed by atoms with van der Waals surface area (Å²) in [6.45, 7) is 0.842. The molecule has 1 fully saturated rings. The molecule has 1 saturated carbocycles. The molecule has 1 aliphatic rings. The van der Waals surface area contributed by atoms with Gasteiger partial charge < -0.3 is 15.6 Å². The largest absolute Gasteiger partial charge is 0.348 e. The van der Waals surface area contributed by atoms with Crippen LogP contribution in [0, 0.1) is 5.41 Å². The lowest BCUT2D eigenvalue weighted by Crippen LogP contribution is -2.47. The fourth-order valence-electron chi connectivity index (χ4n) is 2.57. The third-order valence-corrected chi connectivity index (χ3v) is 3.90. The van der Waals surface area contributed by atoms with E-state index in [0.717, 1.165) is 31.5 Å². The molecule has 0 atom stereocenters. The fraction of sp³-hybridized carbons (Fsp3) is 0.750. The van der Waals surface area contributed by atoms with E-state index >= 15 is 0 Å². The first-order valence-corrected chi connectivity index (χ1v) is 6.49. The maximum Gasteiger partial charge on any atom is 0.227 e. The predicted molar refractivity (Wildman–Crippen MR) is 67.4 cm³/mol. The van der Waals surface area contributed by atoms with Crippen LogP contribution in [0.1, 0.15) is 37.9 Å². The molecule has 1 aromatic heterocycles. The third kappa shape index (κ3) is 2.53. The van der Waals surface area contributed by atoms with E-state index in [1.165, 1.54) is 6.42 Å². The molecule has 0 bridgehead atoms. The van der Waals surface area contributed by atoms with Crippen molar-refractivity contribution in [3.05, 3.63) is 12.2 Å². The highest BCUT2D eigenvalue weighted by atomic mass is 16.2. The molecule has 0 aromatic carbocycles. The summed E-state index contributed by atoms with van der Waals surface area (Å²) in [5.41, 5.74) is 5.46. The minimum Gasteiger partial charge on any atom is -0.348 e. The van der Waals surface area contributed by atoms with Gasteiger partial charge in [-0.3, -0.25) is 4.79 Å². The Labute approximate surface area is 107 Å². The molecule has 0 aliphatic heterocycles. The summed E-state index contributed by atoms with van der Waals surface area (Å²) in [5.74, 6) is 0.819. The van der Waals surface area contributed by atoms with Gasteiger partial charge in [-0.25, -0.2) is 0 Å². The number of hydrogen-bond donors (Lipinski definition) is 2. The molecule has 1 aliphatic carbocycles. The van der Waals surface area contributed by atoms with Crippen LogP contribution in [0.25, 0.3) is 0 Å². The standard InChI is InChI=1S/C12H21N5O/c1-17-9-15-16-10(17)7-14-11(18)12(8-13)5-3-2-4-6-12/h9H,2-8,13H2,1H3,(H,14,18). The Kier molecular flexibility index (Phi) is 3.96. The quantitative estimate of drug-likeness (QED) is 0.808. The summed E-state index contributed by atoms with van der Waals surface area (Å²) in [7, 11) is 1.86. The Morgan fingerprint density at radius 3 is 2.78 bits per heavy atom. The monoisotopic (exact) mass is 251 g/mol. The van der Waals surface area contributed by atoms with Gasteiger partial charge in [0.05, 0.1) is 12.0 Å². The van der Waals surface area contributed by atoms with Crippen LogP contribution in [0.3, 0.4) is 0 Å². The van der Waals surface area contributed by atoms with Crippen molar-refractivity contribution in [2.75, 3.05) is 6.54 Å². The number of amides is 1. The van der Waals surface area contributed by atoms with Crippen molar-refractivity contribution >= 4 is 5.91 Å². The number of nitrogens with one attached hydrogen (secondary N) is 1. The fourth-order valence-corrected chi connectivity index (χ4v) is 2.57. The van der Waals surface area contributed by atoms with Crippen LogP contribution in [0.2, 0.25) is 0 Å². The highest BCUT2D eigenvalue weighted by Crippen LogP contribution is 2.35. The first-order valence-electron chi connectivity index (χ1n) is 6.49. The highest BCUT2D eigenvalue weighted by Gasteiger charge is 2.37. The van der Waals surface area contributed by atoms with Gasteiger partial charge in [0.2, 0.25) is 5.91 Å². The molecule has 0 unspecified atom stereocenters. The van der Waals surface area contributed by atoms with E-state index in [1.807, 2.05) is 7.05 Å². The van der Waals surface area contributed by atoms with Crippen molar-refractivity contribution in [3.63, 3.8) is 0 Å². The van der Waals surface area contributed by atoms with Gasteiger partial charge in [0.15, 0.2) is 5.82 Å². The van der Waals surface area contributed by atoms with Crippen LogP contribution in [-0.2, 0) is 18.4 Å². The van der Waals surface area contributed by atoms with E-state index in [9.17, 15) is 4.79 Å². The minimum absolute atomic E-state index is 0.0627. The zero-order valence-electron chi connectivity index (χ0n) is 10.9. The summed E-state index contributed by atoms with van der Waals surface area (Å²) < 4.78 is 1.80. The Hall–Kier alpha value is -1.43. The second-order valence-electron chi connectivity index (χ2n) is 5.09. The average Bonchev–Trinajstić information content (AvgIpc) is 2.82. The van der Waals surface area contributed by atoms with Crippen molar-refractivity contribution in [2.45, 2.75) is 38.6 Å². The number of hydrogen-bond acceptors (Lipinski definition) is 4. The molecular formula is C12H21N5O. The van der Waals surface area contributed by atoms with E-state index in [1.54, 1.807) is 10.9 Å². The van der Waals surface area contributed by atoms with Crippen LogP contribution in [-0.4, -0.2) is 27.2 Å². The number of aromatic nitrogens is 3. The first kappa shape index (κ1) is 13.0. The molecule has 100 valence electrons. The van der Waals surface area contributed by atoms with Gasteiger partial charge in [0.25, 0.3) is 0 Å².